The number of aliphatic hydroxyl groups excluding tert-OH is 1. The monoisotopic (exact) mass is 337 g/mol. The zero-order valence-corrected chi connectivity index (χ0v) is 13.8. The summed E-state index contributed by atoms with van der Waals surface area (Å²) in [5.41, 5.74) is 0. The van der Waals surface area contributed by atoms with Crippen molar-refractivity contribution in [2.24, 2.45) is 5.92 Å². The number of nitrogens with zero attached hydrogens (tertiary/aromatic N) is 1. The summed E-state index contributed by atoms with van der Waals surface area (Å²) in [7, 11) is 0. The van der Waals surface area contributed by atoms with Crippen LogP contribution in [0.25, 0.3) is 0 Å². The summed E-state index contributed by atoms with van der Waals surface area (Å²) in [4.78, 5) is 37.3. The molecule has 4 amide bonds. The van der Waals surface area contributed by atoms with Gasteiger partial charge in [0.2, 0.25) is 5.91 Å². The molecule has 2 rings (SSSR count). The van der Waals surface area contributed by atoms with E-state index in [9.17, 15) is 19.5 Å². The zero-order valence-electron chi connectivity index (χ0n) is 13.8. The Hall–Kier alpha value is -2.35. The van der Waals surface area contributed by atoms with Gasteiger partial charge in [0.1, 0.15) is 11.8 Å². The average molecular weight is 337 g/mol. The number of carbonyl (C=O) groups is 3. The minimum Gasteiger partial charge on any atom is -0.467 e. The molecular weight excluding hydrogens is 314 g/mol. The highest BCUT2D eigenvalue weighted by Gasteiger charge is 2.39. The molecule has 24 heavy (non-hydrogen) atoms. The van der Waals surface area contributed by atoms with Gasteiger partial charge in [-0.1, -0.05) is 20.3 Å². The van der Waals surface area contributed by atoms with E-state index in [1.165, 1.54) is 6.26 Å². The molecule has 1 aromatic heterocycles. The molecule has 0 radical (unpaired) electrons. The molecule has 0 spiro atoms. The number of hydrogen-bond acceptors (Lipinski definition) is 5. The summed E-state index contributed by atoms with van der Waals surface area (Å²) < 4.78 is 5.13. The Morgan fingerprint density at radius 3 is 2.83 bits per heavy atom. The molecule has 132 valence electrons. The Balaban J connectivity index is 1.92. The van der Waals surface area contributed by atoms with Crippen LogP contribution in [0.2, 0.25) is 0 Å². The van der Waals surface area contributed by atoms with E-state index in [4.69, 9.17) is 4.42 Å². The van der Waals surface area contributed by atoms with E-state index in [0.717, 1.165) is 11.3 Å². The number of imide groups is 1. The minimum atomic E-state index is -0.899. The lowest BCUT2D eigenvalue weighted by Gasteiger charge is -2.22. The van der Waals surface area contributed by atoms with Crippen LogP contribution >= 0.6 is 0 Å². The topological polar surface area (TPSA) is 112 Å². The molecule has 0 bridgehead atoms. The van der Waals surface area contributed by atoms with Gasteiger partial charge in [-0.15, -0.1) is 0 Å². The van der Waals surface area contributed by atoms with Crippen LogP contribution in [0.3, 0.4) is 0 Å². The van der Waals surface area contributed by atoms with Crippen molar-refractivity contribution in [2.75, 3.05) is 6.61 Å². The van der Waals surface area contributed by atoms with Gasteiger partial charge in [0.25, 0.3) is 5.91 Å². The molecule has 8 heteroatoms. The zero-order chi connectivity index (χ0) is 17.7. The smallest absolute Gasteiger partial charge is 0.325 e. The molecule has 1 aliphatic rings. The normalized spacial score (nSPS) is 20.0. The molecule has 0 saturated carbocycles. The summed E-state index contributed by atoms with van der Waals surface area (Å²) in [6.07, 6.45) is 2.11. The van der Waals surface area contributed by atoms with E-state index >= 15 is 0 Å². The van der Waals surface area contributed by atoms with Gasteiger partial charge in [0, 0.05) is 0 Å². The first-order valence-electron chi connectivity index (χ1n) is 8.00. The van der Waals surface area contributed by atoms with E-state index in [1.54, 1.807) is 12.1 Å². The Labute approximate surface area is 140 Å². The van der Waals surface area contributed by atoms with Crippen molar-refractivity contribution < 1.29 is 23.9 Å². The lowest BCUT2D eigenvalue weighted by Crippen LogP contribution is -2.44. The van der Waals surface area contributed by atoms with Crippen molar-refractivity contribution in [1.29, 1.82) is 0 Å². The van der Waals surface area contributed by atoms with Gasteiger partial charge in [0.05, 0.1) is 31.9 Å². The molecule has 1 fully saturated rings. The molecule has 3 unspecified atom stereocenters. The standard InChI is InChI=1S/C16H23N3O5/c1-3-10(2)13(9-20)17-14(21)7-12-15(22)19(16(23)18-12)8-11-5-4-6-24-11/h4-6,10,12-13,20H,3,7-9H2,1-2H3,(H,17,21)(H,18,23). The first-order chi connectivity index (χ1) is 11.5. The molecule has 2 heterocycles. The molecule has 0 aliphatic carbocycles. The third-order valence-corrected chi connectivity index (χ3v) is 4.26. The van der Waals surface area contributed by atoms with E-state index in [2.05, 4.69) is 10.6 Å². The van der Waals surface area contributed by atoms with Crippen LogP contribution in [0, 0.1) is 5.92 Å². The second-order valence-electron chi connectivity index (χ2n) is 5.95. The number of rotatable bonds is 8. The second kappa shape index (κ2) is 7.96. The maximum Gasteiger partial charge on any atom is 0.325 e. The van der Waals surface area contributed by atoms with Gasteiger partial charge < -0.3 is 20.2 Å². The number of nitrogens with one attached hydrogen (secondary N) is 2. The molecule has 1 aliphatic heterocycles. The largest absolute Gasteiger partial charge is 0.467 e. The molecule has 1 saturated heterocycles. The van der Waals surface area contributed by atoms with Crippen LogP contribution in [0.1, 0.15) is 32.4 Å². The molecule has 3 atom stereocenters. The molecule has 8 nitrogen and oxygen atoms in total. The number of urea groups is 1. The number of aliphatic hydroxyl groups is 1. The SMILES string of the molecule is CCC(C)C(CO)NC(=O)CC1NC(=O)N(Cc2ccco2)C1=O. The first kappa shape index (κ1) is 18.0. The third-order valence-electron chi connectivity index (χ3n) is 4.26. The third kappa shape index (κ3) is 4.14. The van der Waals surface area contributed by atoms with Gasteiger partial charge >= 0.3 is 6.03 Å². The van der Waals surface area contributed by atoms with Gasteiger partial charge in [-0.3, -0.25) is 14.5 Å². The van der Waals surface area contributed by atoms with Crippen molar-refractivity contribution in [3.63, 3.8) is 0 Å². The van der Waals surface area contributed by atoms with Crippen LogP contribution in [0.15, 0.2) is 22.8 Å². The average Bonchev–Trinajstić information content (AvgIpc) is 3.16. The summed E-state index contributed by atoms with van der Waals surface area (Å²) in [5, 5.41) is 14.6. The predicted molar refractivity (Wildman–Crippen MR) is 84.7 cm³/mol. The van der Waals surface area contributed by atoms with Gasteiger partial charge in [0.15, 0.2) is 0 Å². The minimum absolute atomic E-state index is 0.0297. The molecule has 0 aromatic carbocycles. The summed E-state index contributed by atoms with van der Waals surface area (Å²) >= 11 is 0. The number of furan rings is 1. The van der Waals surface area contributed by atoms with Crippen LogP contribution in [0.4, 0.5) is 4.79 Å². The van der Waals surface area contributed by atoms with E-state index in [0.29, 0.717) is 5.76 Å². The Bertz CT molecular complexity index is 587. The summed E-state index contributed by atoms with van der Waals surface area (Å²) in [6.45, 7) is 3.75. The first-order valence-corrected chi connectivity index (χ1v) is 8.00. The van der Waals surface area contributed by atoms with Crippen LogP contribution in [0.5, 0.6) is 0 Å². The maximum atomic E-state index is 12.3. The lowest BCUT2D eigenvalue weighted by molar-refractivity contribution is -0.131. The fraction of sp³-hybridized carbons (Fsp3) is 0.562. The van der Waals surface area contributed by atoms with Crippen molar-refractivity contribution in [2.45, 2.75) is 45.3 Å². The highest BCUT2D eigenvalue weighted by atomic mass is 16.3. The highest BCUT2D eigenvalue weighted by Crippen LogP contribution is 2.15. The Morgan fingerprint density at radius 1 is 1.50 bits per heavy atom. The molecule has 1 aromatic rings. The van der Waals surface area contributed by atoms with Gasteiger partial charge in [-0.25, -0.2) is 4.79 Å². The van der Waals surface area contributed by atoms with Crippen LogP contribution in [-0.4, -0.2) is 46.5 Å². The highest BCUT2D eigenvalue weighted by molar-refractivity contribution is 6.05. The molecular formula is C16H23N3O5. The van der Waals surface area contributed by atoms with Crippen LogP contribution in [-0.2, 0) is 16.1 Å². The molecule has 3 N–H and O–H groups in total. The van der Waals surface area contributed by atoms with Gasteiger partial charge in [-0.2, -0.15) is 0 Å². The predicted octanol–water partition coefficient (Wildman–Crippen LogP) is 0.613. The van der Waals surface area contributed by atoms with E-state index in [-0.39, 0.29) is 37.4 Å². The van der Waals surface area contributed by atoms with E-state index in [1.807, 2.05) is 13.8 Å². The van der Waals surface area contributed by atoms with Gasteiger partial charge in [-0.05, 0) is 18.1 Å². The number of carbonyl (C=O) groups excluding carboxylic acids is 3. The lowest BCUT2D eigenvalue weighted by atomic mass is 9.99. The van der Waals surface area contributed by atoms with E-state index < -0.39 is 18.0 Å². The summed E-state index contributed by atoms with van der Waals surface area (Å²) in [5.74, 6) is -0.243. The number of amides is 4. The van der Waals surface area contributed by atoms with Crippen molar-refractivity contribution in [1.82, 2.24) is 15.5 Å². The second-order valence-corrected chi connectivity index (χ2v) is 5.95. The Kier molecular flexibility index (Phi) is 5.97. The maximum absolute atomic E-state index is 12.3. The quantitative estimate of drug-likeness (QED) is 0.602. The fourth-order valence-electron chi connectivity index (χ4n) is 2.53. The van der Waals surface area contributed by atoms with Crippen molar-refractivity contribution >= 4 is 17.8 Å². The fourth-order valence-corrected chi connectivity index (χ4v) is 2.53. The van der Waals surface area contributed by atoms with Crippen molar-refractivity contribution in [3.8, 4) is 0 Å². The van der Waals surface area contributed by atoms with Crippen molar-refractivity contribution in [3.05, 3.63) is 24.2 Å². The number of hydrogen-bond donors (Lipinski definition) is 3. The summed E-state index contributed by atoms with van der Waals surface area (Å²) in [6, 6.07) is 1.52. The van der Waals surface area contributed by atoms with Crippen LogP contribution < -0.4 is 10.6 Å². The Morgan fingerprint density at radius 2 is 2.25 bits per heavy atom.